The second kappa shape index (κ2) is 7.97. The molecule has 3 aromatic rings. The Hall–Kier alpha value is -3.10. The van der Waals surface area contributed by atoms with E-state index in [9.17, 15) is 9.90 Å². The van der Waals surface area contributed by atoms with Crippen LogP contribution in [-0.4, -0.2) is 37.3 Å². The van der Waals surface area contributed by atoms with Gasteiger partial charge < -0.3 is 9.84 Å². The van der Waals surface area contributed by atoms with E-state index in [0.29, 0.717) is 36.1 Å². The largest absolute Gasteiger partial charge is 0.497 e. The molecule has 0 radical (unpaired) electrons. The van der Waals surface area contributed by atoms with Gasteiger partial charge in [-0.05, 0) is 44.0 Å². The first-order valence-corrected chi connectivity index (χ1v) is 9.84. The molecule has 0 saturated carbocycles. The van der Waals surface area contributed by atoms with Gasteiger partial charge in [-0.3, -0.25) is 14.7 Å². The van der Waals surface area contributed by atoms with E-state index in [0.717, 1.165) is 5.56 Å². The molecule has 1 aliphatic heterocycles. The highest BCUT2D eigenvalue weighted by Gasteiger charge is 2.39. The van der Waals surface area contributed by atoms with Crippen LogP contribution in [0.5, 0.6) is 5.75 Å². The van der Waals surface area contributed by atoms with Gasteiger partial charge in [-0.2, -0.15) is 0 Å². The third-order valence-corrected chi connectivity index (χ3v) is 5.70. The number of nitrogens with one attached hydrogen (secondary N) is 1. The number of benzene rings is 1. The van der Waals surface area contributed by atoms with Crippen LogP contribution in [0.2, 0.25) is 0 Å². The maximum absolute atomic E-state index is 12.8. The molecule has 0 bridgehead atoms. The second-order valence-electron chi connectivity index (χ2n) is 8.00. The molecule has 0 spiro atoms. The van der Waals surface area contributed by atoms with Crippen molar-refractivity contribution in [1.82, 2.24) is 24.8 Å². The van der Waals surface area contributed by atoms with Crippen molar-refractivity contribution in [3.63, 3.8) is 0 Å². The molecule has 3 heterocycles. The van der Waals surface area contributed by atoms with Crippen LogP contribution >= 0.6 is 0 Å². The Labute approximate surface area is 174 Å². The number of hydrogen-bond acceptors (Lipinski definition) is 7. The standard InChI is InChI=1S/C22H25N5O3/c1-22(2)16(10-19(28)14-5-4-6-15(9-14)30-3)21-26-18(17-7-8-23-12-24-17)11-20(29)27(21)13-25-22/h4-9,11-12,16,19,25,28H,10,13H2,1-3H3. The topological polar surface area (TPSA) is 102 Å². The van der Waals surface area contributed by atoms with Gasteiger partial charge in [-0.15, -0.1) is 0 Å². The summed E-state index contributed by atoms with van der Waals surface area (Å²) in [5, 5.41) is 14.4. The summed E-state index contributed by atoms with van der Waals surface area (Å²) in [4.78, 5) is 25.8. The number of methoxy groups -OCH3 is 1. The number of fused-ring (bicyclic) bond motifs is 1. The van der Waals surface area contributed by atoms with Crippen molar-refractivity contribution in [3.05, 3.63) is 70.7 Å². The van der Waals surface area contributed by atoms with Gasteiger partial charge in [0, 0.05) is 23.7 Å². The Morgan fingerprint density at radius 2 is 2.13 bits per heavy atom. The number of aromatic nitrogens is 4. The fourth-order valence-electron chi connectivity index (χ4n) is 3.86. The van der Waals surface area contributed by atoms with Crippen molar-refractivity contribution in [1.29, 1.82) is 0 Å². The minimum Gasteiger partial charge on any atom is -0.497 e. The fourth-order valence-corrected chi connectivity index (χ4v) is 3.86. The molecular formula is C22H25N5O3. The van der Waals surface area contributed by atoms with Crippen LogP contribution in [0.25, 0.3) is 11.4 Å². The Morgan fingerprint density at radius 3 is 2.87 bits per heavy atom. The predicted molar refractivity (Wildman–Crippen MR) is 112 cm³/mol. The molecule has 1 aromatic carbocycles. The van der Waals surface area contributed by atoms with Crippen molar-refractivity contribution in [2.45, 2.75) is 44.5 Å². The molecule has 4 rings (SSSR count). The predicted octanol–water partition coefficient (Wildman–Crippen LogP) is 2.26. The average Bonchev–Trinajstić information content (AvgIpc) is 2.76. The molecule has 0 aliphatic carbocycles. The second-order valence-corrected chi connectivity index (χ2v) is 8.00. The Bertz CT molecular complexity index is 1100. The number of aliphatic hydroxyl groups is 1. The monoisotopic (exact) mass is 407 g/mol. The number of aliphatic hydroxyl groups excluding tert-OH is 1. The Balaban J connectivity index is 1.74. The van der Waals surface area contributed by atoms with Gasteiger partial charge in [0.1, 0.15) is 17.9 Å². The Kier molecular flexibility index (Phi) is 5.36. The van der Waals surface area contributed by atoms with Crippen LogP contribution in [0.15, 0.2) is 53.7 Å². The molecule has 2 aromatic heterocycles. The first-order valence-electron chi connectivity index (χ1n) is 9.84. The smallest absolute Gasteiger partial charge is 0.255 e. The zero-order valence-corrected chi connectivity index (χ0v) is 17.2. The van der Waals surface area contributed by atoms with Gasteiger partial charge in [0.05, 0.1) is 31.3 Å². The minimum atomic E-state index is -0.739. The van der Waals surface area contributed by atoms with Crippen molar-refractivity contribution in [2.75, 3.05) is 7.11 Å². The van der Waals surface area contributed by atoms with Crippen molar-refractivity contribution >= 4 is 0 Å². The molecule has 8 nitrogen and oxygen atoms in total. The third kappa shape index (κ3) is 3.83. The lowest BCUT2D eigenvalue weighted by molar-refractivity contribution is 0.119. The van der Waals surface area contributed by atoms with Gasteiger partial charge in [0.2, 0.25) is 0 Å². The Morgan fingerprint density at radius 1 is 1.30 bits per heavy atom. The molecule has 30 heavy (non-hydrogen) atoms. The lowest BCUT2D eigenvalue weighted by atomic mass is 9.80. The lowest BCUT2D eigenvalue weighted by Gasteiger charge is -2.41. The summed E-state index contributed by atoms with van der Waals surface area (Å²) in [6.07, 6.45) is 2.71. The van der Waals surface area contributed by atoms with E-state index in [1.165, 1.54) is 12.4 Å². The third-order valence-electron chi connectivity index (χ3n) is 5.70. The first-order chi connectivity index (χ1) is 14.4. The van der Waals surface area contributed by atoms with E-state index in [1.54, 1.807) is 23.9 Å². The summed E-state index contributed by atoms with van der Waals surface area (Å²) in [7, 11) is 1.60. The van der Waals surface area contributed by atoms with Crippen LogP contribution in [-0.2, 0) is 6.67 Å². The zero-order valence-electron chi connectivity index (χ0n) is 17.2. The quantitative estimate of drug-likeness (QED) is 0.669. The van der Waals surface area contributed by atoms with Crippen LogP contribution in [0.1, 0.15) is 43.7 Å². The lowest BCUT2D eigenvalue weighted by Crippen LogP contribution is -2.53. The molecule has 1 aliphatic rings. The van der Waals surface area contributed by atoms with Gasteiger partial charge in [-0.1, -0.05) is 12.1 Å². The average molecular weight is 407 g/mol. The van der Waals surface area contributed by atoms with Gasteiger partial charge >= 0.3 is 0 Å². The van der Waals surface area contributed by atoms with E-state index in [-0.39, 0.29) is 17.0 Å². The first kappa shape index (κ1) is 20.2. The molecule has 2 unspecified atom stereocenters. The van der Waals surface area contributed by atoms with E-state index in [1.807, 2.05) is 24.3 Å². The molecule has 2 atom stereocenters. The van der Waals surface area contributed by atoms with Crippen molar-refractivity contribution in [3.8, 4) is 17.1 Å². The number of rotatable bonds is 5. The number of hydrogen-bond donors (Lipinski definition) is 2. The molecule has 0 fully saturated rings. The van der Waals surface area contributed by atoms with Crippen molar-refractivity contribution in [2.24, 2.45) is 0 Å². The van der Waals surface area contributed by atoms with Gasteiger partial charge in [0.25, 0.3) is 5.56 Å². The van der Waals surface area contributed by atoms with Crippen LogP contribution < -0.4 is 15.6 Å². The van der Waals surface area contributed by atoms with Gasteiger partial charge in [0.15, 0.2) is 0 Å². The normalized spacial score (nSPS) is 18.5. The van der Waals surface area contributed by atoms with E-state index >= 15 is 0 Å². The zero-order chi connectivity index (χ0) is 21.3. The van der Waals surface area contributed by atoms with E-state index in [2.05, 4.69) is 29.1 Å². The van der Waals surface area contributed by atoms with Crippen LogP contribution in [0.4, 0.5) is 0 Å². The maximum Gasteiger partial charge on any atom is 0.255 e. The molecule has 2 N–H and O–H groups in total. The highest BCUT2D eigenvalue weighted by molar-refractivity contribution is 5.52. The fraction of sp³-hybridized carbons (Fsp3) is 0.364. The summed E-state index contributed by atoms with van der Waals surface area (Å²) < 4.78 is 6.90. The summed E-state index contributed by atoms with van der Waals surface area (Å²) in [6.45, 7) is 4.48. The summed E-state index contributed by atoms with van der Waals surface area (Å²) in [5.41, 5.74) is 1.33. The van der Waals surface area contributed by atoms with E-state index in [4.69, 9.17) is 9.72 Å². The van der Waals surface area contributed by atoms with Crippen molar-refractivity contribution < 1.29 is 9.84 Å². The molecular weight excluding hydrogens is 382 g/mol. The highest BCUT2D eigenvalue weighted by atomic mass is 16.5. The minimum absolute atomic E-state index is 0.155. The molecule has 8 heteroatoms. The van der Waals surface area contributed by atoms with E-state index < -0.39 is 6.10 Å². The highest BCUT2D eigenvalue weighted by Crippen LogP contribution is 2.38. The van der Waals surface area contributed by atoms with Crippen LogP contribution in [0, 0.1) is 0 Å². The summed E-state index contributed by atoms with van der Waals surface area (Å²) in [6, 6.07) is 10.6. The van der Waals surface area contributed by atoms with Gasteiger partial charge in [-0.25, -0.2) is 15.0 Å². The number of nitrogens with zero attached hydrogens (tertiary/aromatic N) is 4. The summed E-state index contributed by atoms with van der Waals surface area (Å²) >= 11 is 0. The number of ether oxygens (including phenoxy) is 1. The van der Waals surface area contributed by atoms with Crippen LogP contribution in [0.3, 0.4) is 0 Å². The SMILES string of the molecule is COc1cccc(C(O)CC2c3nc(-c4ccncn4)cc(=O)n3CNC2(C)C)c1. The summed E-state index contributed by atoms with van der Waals surface area (Å²) in [5.74, 6) is 1.12. The molecule has 156 valence electrons. The molecule has 0 saturated heterocycles. The molecule has 0 amide bonds. The maximum atomic E-state index is 12.8.